The van der Waals surface area contributed by atoms with E-state index < -0.39 is 71.2 Å². The lowest BCUT2D eigenvalue weighted by molar-refractivity contribution is -0.139. The van der Waals surface area contributed by atoms with Gasteiger partial charge in [0, 0.05) is 6.04 Å². The molecule has 17 heteroatoms. The number of nitrogens with one attached hydrogen (secondary N) is 2. The van der Waals surface area contributed by atoms with Crippen LogP contribution in [0.1, 0.15) is 46.8 Å². The van der Waals surface area contributed by atoms with Gasteiger partial charge in [0.15, 0.2) is 0 Å². The predicted molar refractivity (Wildman–Crippen MR) is 135 cm³/mol. The SMILES string of the molecule is CC(C)N(NC(=O)c1ccc(C=CC(c2cc(Cl)c(Cl)c(Cl)c2)C(F)(F)F)cc1C(F)(F)F)C(=O)NCC(F)(F)F. The zero-order valence-electron chi connectivity index (χ0n) is 20.7. The number of carbonyl (C=O) groups excluding carboxylic acids is 2. The second kappa shape index (κ2) is 13.0. The molecule has 1 atom stereocenters. The van der Waals surface area contributed by atoms with Gasteiger partial charge in [-0.15, -0.1) is 0 Å². The van der Waals surface area contributed by atoms with Crippen LogP contribution in [0.4, 0.5) is 44.3 Å². The number of hydrazine groups is 1. The lowest BCUT2D eigenvalue weighted by Crippen LogP contribution is -2.55. The summed E-state index contributed by atoms with van der Waals surface area (Å²) in [5.41, 5.74) is -1.65. The Morgan fingerprint density at radius 3 is 1.95 bits per heavy atom. The molecule has 0 saturated carbocycles. The molecule has 2 aromatic rings. The normalized spacial score (nSPS) is 13.4. The van der Waals surface area contributed by atoms with E-state index in [9.17, 15) is 49.1 Å². The maximum absolute atomic E-state index is 13.8. The minimum atomic E-state index is -5.20. The average molecular weight is 659 g/mol. The molecule has 0 spiro atoms. The molecule has 0 aliphatic carbocycles. The first-order valence-corrected chi connectivity index (χ1v) is 12.3. The van der Waals surface area contributed by atoms with Crippen LogP contribution in [0.25, 0.3) is 6.08 Å². The molecule has 41 heavy (non-hydrogen) atoms. The number of halogens is 12. The van der Waals surface area contributed by atoms with Crippen LogP contribution in [0, 0.1) is 0 Å². The van der Waals surface area contributed by atoms with Crippen LogP contribution >= 0.6 is 34.8 Å². The van der Waals surface area contributed by atoms with Crippen LogP contribution in [0.15, 0.2) is 36.4 Å². The molecule has 0 heterocycles. The second-order valence-electron chi connectivity index (χ2n) is 8.66. The Balaban J connectivity index is 2.43. The fraction of sp³-hybridized carbons (Fsp3) is 0.333. The van der Waals surface area contributed by atoms with Gasteiger partial charge in [-0.2, -0.15) is 39.5 Å². The Morgan fingerprint density at radius 2 is 1.49 bits per heavy atom. The molecule has 2 aromatic carbocycles. The lowest BCUT2D eigenvalue weighted by atomic mass is 9.96. The molecule has 0 aliphatic rings. The molecule has 1 unspecified atom stereocenters. The van der Waals surface area contributed by atoms with Gasteiger partial charge < -0.3 is 5.32 Å². The van der Waals surface area contributed by atoms with E-state index in [4.69, 9.17) is 34.8 Å². The minimum absolute atomic E-state index is 0.195. The highest BCUT2D eigenvalue weighted by Gasteiger charge is 2.40. The predicted octanol–water partition coefficient (Wildman–Crippen LogP) is 8.65. The average Bonchev–Trinajstić information content (AvgIpc) is 2.82. The number of amides is 3. The van der Waals surface area contributed by atoms with E-state index in [1.807, 2.05) is 5.43 Å². The van der Waals surface area contributed by atoms with E-state index in [2.05, 4.69) is 0 Å². The number of benzene rings is 2. The number of alkyl halides is 9. The monoisotopic (exact) mass is 657 g/mol. The van der Waals surface area contributed by atoms with Crippen LogP contribution in [0.3, 0.4) is 0 Å². The highest BCUT2D eigenvalue weighted by atomic mass is 35.5. The Kier molecular flexibility index (Phi) is 10.9. The van der Waals surface area contributed by atoms with Crippen molar-refractivity contribution in [1.29, 1.82) is 0 Å². The number of nitrogens with zero attached hydrogens (tertiary/aromatic N) is 1. The van der Waals surface area contributed by atoms with Crippen molar-refractivity contribution >= 4 is 52.8 Å². The van der Waals surface area contributed by atoms with E-state index in [0.717, 1.165) is 24.3 Å². The zero-order valence-corrected chi connectivity index (χ0v) is 23.0. The van der Waals surface area contributed by atoms with Gasteiger partial charge in [-0.05, 0) is 49.2 Å². The van der Waals surface area contributed by atoms with Crippen molar-refractivity contribution in [3.63, 3.8) is 0 Å². The zero-order chi connectivity index (χ0) is 31.5. The molecule has 0 radical (unpaired) electrons. The van der Waals surface area contributed by atoms with Crippen molar-refractivity contribution in [3.05, 3.63) is 73.7 Å². The largest absolute Gasteiger partial charge is 0.417 e. The lowest BCUT2D eigenvalue weighted by Gasteiger charge is -2.28. The van der Waals surface area contributed by atoms with Gasteiger partial charge in [0.2, 0.25) is 0 Å². The fourth-order valence-electron chi connectivity index (χ4n) is 3.31. The number of carbonyl (C=O) groups is 2. The number of hydrogen-bond donors (Lipinski definition) is 2. The second-order valence-corrected chi connectivity index (χ2v) is 9.85. The van der Waals surface area contributed by atoms with Crippen molar-refractivity contribution in [3.8, 4) is 0 Å². The van der Waals surface area contributed by atoms with Gasteiger partial charge in [-0.25, -0.2) is 9.80 Å². The van der Waals surface area contributed by atoms with Crippen molar-refractivity contribution in [2.24, 2.45) is 0 Å². The summed E-state index contributed by atoms with van der Waals surface area (Å²) in [6.07, 6.45) is -13.6. The van der Waals surface area contributed by atoms with E-state index in [1.54, 1.807) is 0 Å². The van der Waals surface area contributed by atoms with Gasteiger partial charge in [0.05, 0.1) is 32.1 Å². The molecule has 0 aliphatic heterocycles. The van der Waals surface area contributed by atoms with Crippen molar-refractivity contribution < 1.29 is 49.1 Å². The van der Waals surface area contributed by atoms with Crippen LogP contribution in [-0.2, 0) is 6.18 Å². The topological polar surface area (TPSA) is 61.4 Å². The third-order valence-electron chi connectivity index (χ3n) is 5.19. The molecule has 5 nitrogen and oxygen atoms in total. The first-order chi connectivity index (χ1) is 18.6. The molecule has 226 valence electrons. The third kappa shape index (κ3) is 9.60. The maximum Gasteiger partial charge on any atom is 0.417 e. The van der Waals surface area contributed by atoms with E-state index >= 15 is 0 Å². The van der Waals surface area contributed by atoms with Gasteiger partial charge in [-0.1, -0.05) is 53.0 Å². The highest BCUT2D eigenvalue weighted by Crippen LogP contribution is 2.41. The first kappa shape index (κ1) is 34.4. The molecule has 2 N–H and O–H groups in total. The molecule has 2 rings (SSSR count). The number of hydrogen-bond acceptors (Lipinski definition) is 2. The number of rotatable bonds is 6. The number of allylic oxidation sites excluding steroid dienone is 1. The summed E-state index contributed by atoms with van der Waals surface area (Å²) in [5, 5.41) is 1.08. The Morgan fingerprint density at radius 1 is 0.927 bits per heavy atom. The van der Waals surface area contributed by atoms with E-state index in [-0.39, 0.29) is 15.1 Å². The summed E-state index contributed by atoms with van der Waals surface area (Å²) < 4.78 is 120. The Bertz CT molecular complexity index is 1290. The molecule has 0 fully saturated rings. The van der Waals surface area contributed by atoms with E-state index in [0.29, 0.717) is 23.2 Å². The van der Waals surface area contributed by atoms with Crippen LogP contribution in [0.2, 0.25) is 15.1 Å². The van der Waals surface area contributed by atoms with Crippen LogP contribution in [-0.4, -0.2) is 41.9 Å². The van der Waals surface area contributed by atoms with Crippen LogP contribution in [0.5, 0.6) is 0 Å². The highest BCUT2D eigenvalue weighted by molar-refractivity contribution is 6.48. The number of urea groups is 1. The van der Waals surface area contributed by atoms with Gasteiger partial charge in [0.1, 0.15) is 6.54 Å². The molecular formula is C24H19Cl3F9N3O2. The maximum atomic E-state index is 13.8. The summed E-state index contributed by atoms with van der Waals surface area (Å²) in [5.74, 6) is -3.87. The summed E-state index contributed by atoms with van der Waals surface area (Å²) in [6, 6.07) is 1.31. The third-order valence-corrected chi connectivity index (χ3v) is 6.39. The molecule has 0 bridgehead atoms. The van der Waals surface area contributed by atoms with Crippen LogP contribution < -0.4 is 10.7 Å². The summed E-state index contributed by atoms with van der Waals surface area (Å²) in [4.78, 5) is 24.8. The van der Waals surface area contributed by atoms with Gasteiger partial charge in [0.25, 0.3) is 5.91 Å². The van der Waals surface area contributed by atoms with Crippen molar-refractivity contribution in [1.82, 2.24) is 15.8 Å². The Labute approximate surface area is 242 Å². The molecule has 3 amide bonds. The smallest absolute Gasteiger partial charge is 0.327 e. The van der Waals surface area contributed by atoms with E-state index in [1.165, 1.54) is 19.2 Å². The van der Waals surface area contributed by atoms with Gasteiger partial charge in [-0.3, -0.25) is 10.2 Å². The fourth-order valence-corrected chi connectivity index (χ4v) is 3.93. The minimum Gasteiger partial charge on any atom is -0.327 e. The molecular weight excluding hydrogens is 640 g/mol. The quantitative estimate of drug-likeness (QED) is 0.186. The summed E-state index contributed by atoms with van der Waals surface area (Å²) >= 11 is 17.4. The molecule has 0 saturated heterocycles. The summed E-state index contributed by atoms with van der Waals surface area (Å²) in [7, 11) is 0. The molecule has 0 aromatic heterocycles. The summed E-state index contributed by atoms with van der Waals surface area (Å²) in [6.45, 7) is 0.765. The standard InChI is InChI=1S/C24H19Cl3F9N3O2/c1-11(2)39(21(41)37-10-22(28,29)30)38-20(40)14-5-3-12(7-16(14)24(34,35)36)4-6-15(23(31,32)33)13-8-17(25)19(27)18(26)9-13/h3-9,11,15H,10H2,1-2H3,(H,37,41)(H,38,40). The van der Waals surface area contributed by atoms with Crippen molar-refractivity contribution in [2.45, 2.75) is 44.3 Å². The Hall–Kier alpha value is -2.84. The first-order valence-electron chi connectivity index (χ1n) is 11.2. The van der Waals surface area contributed by atoms with Crippen molar-refractivity contribution in [2.75, 3.05) is 6.54 Å². The van der Waals surface area contributed by atoms with Gasteiger partial charge >= 0.3 is 24.6 Å².